The van der Waals surface area contributed by atoms with E-state index in [9.17, 15) is 4.39 Å². The Morgan fingerprint density at radius 2 is 1.95 bits per heavy atom. The van der Waals surface area contributed by atoms with Crippen LogP contribution in [0.4, 0.5) is 4.39 Å². The molecule has 19 heavy (non-hydrogen) atoms. The van der Waals surface area contributed by atoms with Gasteiger partial charge in [-0.3, -0.25) is 0 Å². The summed E-state index contributed by atoms with van der Waals surface area (Å²) >= 11 is 0. The second-order valence-electron chi connectivity index (χ2n) is 5.90. The molecule has 1 aromatic rings. The van der Waals surface area contributed by atoms with Crippen molar-refractivity contribution in [2.75, 3.05) is 6.54 Å². The fourth-order valence-corrected chi connectivity index (χ4v) is 2.31. The highest BCUT2D eigenvalue weighted by atomic mass is 19.1. The average Bonchev–Trinajstić information content (AvgIpc) is 2.35. The van der Waals surface area contributed by atoms with Crippen LogP contribution in [0.5, 0.6) is 0 Å². The Morgan fingerprint density at radius 3 is 2.53 bits per heavy atom. The molecule has 1 rings (SSSR count). The summed E-state index contributed by atoms with van der Waals surface area (Å²) in [5.41, 5.74) is 2.33. The van der Waals surface area contributed by atoms with E-state index in [-0.39, 0.29) is 5.82 Å². The van der Waals surface area contributed by atoms with Crippen LogP contribution in [0.3, 0.4) is 0 Å². The predicted octanol–water partition coefficient (Wildman–Crippen LogP) is 4.48. The van der Waals surface area contributed by atoms with E-state index in [0.717, 1.165) is 30.9 Å². The largest absolute Gasteiger partial charge is 0.314 e. The van der Waals surface area contributed by atoms with Gasteiger partial charge >= 0.3 is 0 Å². The Bertz CT molecular complexity index is 374. The van der Waals surface area contributed by atoms with E-state index in [0.29, 0.717) is 6.04 Å². The molecule has 0 heterocycles. The van der Waals surface area contributed by atoms with Crippen LogP contribution in [-0.4, -0.2) is 12.6 Å². The quantitative estimate of drug-likeness (QED) is 0.730. The molecule has 0 bridgehead atoms. The van der Waals surface area contributed by atoms with Gasteiger partial charge in [0.2, 0.25) is 0 Å². The van der Waals surface area contributed by atoms with Gasteiger partial charge in [0, 0.05) is 6.04 Å². The van der Waals surface area contributed by atoms with Gasteiger partial charge in [0.1, 0.15) is 5.82 Å². The molecule has 108 valence electrons. The summed E-state index contributed by atoms with van der Waals surface area (Å²) in [7, 11) is 0. The number of hydrogen-bond donors (Lipinski definition) is 1. The molecule has 0 saturated carbocycles. The highest BCUT2D eigenvalue weighted by Gasteiger charge is 2.11. The number of hydrogen-bond acceptors (Lipinski definition) is 1. The summed E-state index contributed by atoms with van der Waals surface area (Å²) in [4.78, 5) is 0. The Kier molecular flexibility index (Phi) is 7.07. The standard InChI is InChI=1S/C17H28FN/c1-5-10-19-17(9-6-13(2)3)12-15-7-8-16(18)11-14(15)4/h7-8,11,13,17,19H,5-6,9-10,12H2,1-4H3. The lowest BCUT2D eigenvalue weighted by Gasteiger charge is -2.20. The molecular weight excluding hydrogens is 237 g/mol. The van der Waals surface area contributed by atoms with Crippen molar-refractivity contribution >= 4 is 0 Å². The molecule has 0 aliphatic carbocycles. The van der Waals surface area contributed by atoms with Crippen molar-refractivity contribution in [2.24, 2.45) is 5.92 Å². The minimum absolute atomic E-state index is 0.138. The lowest BCUT2D eigenvalue weighted by atomic mass is 9.95. The highest BCUT2D eigenvalue weighted by Crippen LogP contribution is 2.16. The molecule has 0 spiro atoms. The van der Waals surface area contributed by atoms with Gasteiger partial charge in [0.05, 0.1) is 0 Å². The third-order valence-corrected chi connectivity index (χ3v) is 3.55. The van der Waals surface area contributed by atoms with Crippen LogP contribution in [-0.2, 0) is 6.42 Å². The van der Waals surface area contributed by atoms with Gasteiger partial charge in [-0.1, -0.05) is 26.8 Å². The zero-order chi connectivity index (χ0) is 14.3. The monoisotopic (exact) mass is 265 g/mol. The van der Waals surface area contributed by atoms with E-state index < -0.39 is 0 Å². The van der Waals surface area contributed by atoms with Crippen molar-refractivity contribution in [3.63, 3.8) is 0 Å². The Hall–Kier alpha value is -0.890. The van der Waals surface area contributed by atoms with Gasteiger partial charge in [0.25, 0.3) is 0 Å². The lowest BCUT2D eigenvalue weighted by molar-refractivity contribution is 0.426. The fraction of sp³-hybridized carbons (Fsp3) is 0.647. The molecule has 1 nitrogen and oxygen atoms in total. The summed E-state index contributed by atoms with van der Waals surface area (Å²) in [5, 5.41) is 3.62. The number of aryl methyl sites for hydroxylation is 1. The summed E-state index contributed by atoms with van der Waals surface area (Å²) in [5.74, 6) is 0.599. The second kappa shape index (κ2) is 8.31. The van der Waals surface area contributed by atoms with Crippen LogP contribution in [0.25, 0.3) is 0 Å². The fourth-order valence-electron chi connectivity index (χ4n) is 2.31. The first-order chi connectivity index (χ1) is 9.02. The van der Waals surface area contributed by atoms with Gasteiger partial charge in [0.15, 0.2) is 0 Å². The molecule has 1 atom stereocenters. The number of benzene rings is 1. The van der Waals surface area contributed by atoms with Crippen LogP contribution in [0.1, 0.15) is 51.2 Å². The van der Waals surface area contributed by atoms with Crippen molar-refractivity contribution in [1.29, 1.82) is 0 Å². The topological polar surface area (TPSA) is 12.0 Å². The Labute approximate surface area is 117 Å². The SMILES string of the molecule is CCCNC(CCC(C)C)Cc1ccc(F)cc1C. The molecule has 1 unspecified atom stereocenters. The van der Waals surface area contributed by atoms with E-state index in [2.05, 4.69) is 26.1 Å². The summed E-state index contributed by atoms with van der Waals surface area (Å²) in [6.45, 7) is 9.77. The first kappa shape index (κ1) is 16.2. The summed E-state index contributed by atoms with van der Waals surface area (Å²) < 4.78 is 13.1. The maximum absolute atomic E-state index is 13.1. The smallest absolute Gasteiger partial charge is 0.123 e. The Balaban J connectivity index is 2.63. The number of rotatable bonds is 8. The van der Waals surface area contributed by atoms with E-state index in [1.54, 1.807) is 12.1 Å². The van der Waals surface area contributed by atoms with Gasteiger partial charge in [-0.15, -0.1) is 0 Å². The second-order valence-corrected chi connectivity index (χ2v) is 5.90. The van der Waals surface area contributed by atoms with Crippen LogP contribution in [0, 0.1) is 18.7 Å². The molecular formula is C17H28FN. The molecule has 0 fully saturated rings. The molecule has 0 saturated heterocycles. The minimum atomic E-state index is -0.138. The van der Waals surface area contributed by atoms with Crippen LogP contribution in [0.15, 0.2) is 18.2 Å². The third kappa shape index (κ3) is 6.20. The maximum Gasteiger partial charge on any atom is 0.123 e. The van der Waals surface area contributed by atoms with E-state index >= 15 is 0 Å². The lowest BCUT2D eigenvalue weighted by Crippen LogP contribution is -2.32. The molecule has 2 heteroatoms. The molecule has 0 radical (unpaired) electrons. The van der Waals surface area contributed by atoms with Crippen molar-refractivity contribution in [3.05, 3.63) is 35.1 Å². The van der Waals surface area contributed by atoms with E-state index in [1.807, 2.05) is 13.0 Å². The Morgan fingerprint density at radius 1 is 1.21 bits per heavy atom. The van der Waals surface area contributed by atoms with Crippen LogP contribution in [0.2, 0.25) is 0 Å². The van der Waals surface area contributed by atoms with Crippen molar-refractivity contribution in [2.45, 2.75) is 59.4 Å². The zero-order valence-corrected chi connectivity index (χ0v) is 12.8. The maximum atomic E-state index is 13.1. The van der Waals surface area contributed by atoms with Crippen LogP contribution < -0.4 is 5.32 Å². The van der Waals surface area contributed by atoms with Crippen LogP contribution >= 0.6 is 0 Å². The number of halogens is 1. The van der Waals surface area contributed by atoms with Crippen molar-refractivity contribution in [1.82, 2.24) is 5.32 Å². The van der Waals surface area contributed by atoms with E-state index in [4.69, 9.17) is 0 Å². The van der Waals surface area contributed by atoms with Gasteiger partial charge in [-0.2, -0.15) is 0 Å². The normalized spacial score (nSPS) is 12.9. The molecule has 0 aliphatic heterocycles. The third-order valence-electron chi connectivity index (χ3n) is 3.55. The summed E-state index contributed by atoms with van der Waals surface area (Å²) in [6.07, 6.45) is 4.58. The van der Waals surface area contributed by atoms with Gasteiger partial charge < -0.3 is 5.32 Å². The van der Waals surface area contributed by atoms with Gasteiger partial charge in [-0.25, -0.2) is 4.39 Å². The summed E-state index contributed by atoms with van der Waals surface area (Å²) in [6, 6.07) is 5.64. The number of nitrogens with one attached hydrogen (secondary N) is 1. The zero-order valence-electron chi connectivity index (χ0n) is 12.8. The first-order valence-corrected chi connectivity index (χ1v) is 7.51. The van der Waals surface area contributed by atoms with Crippen molar-refractivity contribution < 1.29 is 4.39 Å². The van der Waals surface area contributed by atoms with Gasteiger partial charge in [-0.05, 0) is 68.3 Å². The predicted molar refractivity (Wildman–Crippen MR) is 81.0 cm³/mol. The highest BCUT2D eigenvalue weighted by molar-refractivity contribution is 5.27. The first-order valence-electron chi connectivity index (χ1n) is 7.51. The molecule has 0 amide bonds. The molecule has 1 N–H and O–H groups in total. The molecule has 1 aromatic carbocycles. The minimum Gasteiger partial charge on any atom is -0.314 e. The molecule has 0 aliphatic rings. The van der Waals surface area contributed by atoms with Crippen molar-refractivity contribution in [3.8, 4) is 0 Å². The average molecular weight is 265 g/mol. The van der Waals surface area contributed by atoms with E-state index in [1.165, 1.54) is 18.4 Å². The molecule has 0 aromatic heterocycles.